The molecule has 4 heteroatoms. The van der Waals surface area contributed by atoms with Gasteiger partial charge in [-0.25, -0.2) is 0 Å². The lowest BCUT2D eigenvalue weighted by Gasteiger charge is -2.32. The second-order valence-electron chi connectivity index (χ2n) is 4.07. The van der Waals surface area contributed by atoms with Crippen molar-refractivity contribution in [3.05, 3.63) is 6.92 Å². The van der Waals surface area contributed by atoms with Crippen LogP contribution in [0.15, 0.2) is 0 Å². The highest BCUT2D eigenvalue weighted by Crippen LogP contribution is 2.18. The zero-order valence-electron chi connectivity index (χ0n) is 12.2. The first-order chi connectivity index (χ1) is 8.74. The van der Waals surface area contributed by atoms with Crippen LogP contribution in [0.2, 0.25) is 0 Å². The van der Waals surface area contributed by atoms with Crippen LogP contribution < -0.4 is 0 Å². The van der Waals surface area contributed by atoms with Gasteiger partial charge in [0.05, 0.1) is 13.2 Å². The number of ether oxygens (including phenoxy) is 4. The molecule has 0 amide bonds. The van der Waals surface area contributed by atoms with Crippen LogP contribution in [0.1, 0.15) is 46.5 Å². The Morgan fingerprint density at radius 3 is 1.83 bits per heavy atom. The summed E-state index contributed by atoms with van der Waals surface area (Å²) in [6.45, 7) is 12.2. The highest BCUT2D eigenvalue weighted by Gasteiger charge is 2.33. The average Bonchev–Trinajstić information content (AvgIpc) is 2.37. The molecule has 0 aliphatic rings. The van der Waals surface area contributed by atoms with Crippen LogP contribution in [0.5, 0.6) is 0 Å². The molecule has 18 heavy (non-hydrogen) atoms. The second kappa shape index (κ2) is 11.9. The number of hydrogen-bond acceptors (Lipinski definition) is 4. The Hall–Kier alpha value is -0.160. The molecule has 0 heterocycles. The van der Waals surface area contributed by atoms with Crippen LogP contribution in [-0.4, -0.2) is 39.0 Å². The van der Waals surface area contributed by atoms with Gasteiger partial charge < -0.3 is 18.9 Å². The Bertz CT molecular complexity index is 163. The first kappa shape index (κ1) is 17.8. The van der Waals surface area contributed by atoms with Crippen molar-refractivity contribution in [3.8, 4) is 0 Å². The molecule has 4 nitrogen and oxygen atoms in total. The van der Waals surface area contributed by atoms with Gasteiger partial charge in [-0.1, -0.05) is 26.7 Å². The van der Waals surface area contributed by atoms with Crippen molar-refractivity contribution in [1.29, 1.82) is 0 Å². The largest absolute Gasteiger partial charge is 0.373 e. The quantitative estimate of drug-likeness (QED) is 0.377. The summed E-state index contributed by atoms with van der Waals surface area (Å²) in [6.07, 6.45) is 4.12. The van der Waals surface area contributed by atoms with Gasteiger partial charge in [0.15, 0.2) is 0 Å². The standard InChI is InChI=1S/C14H29O4/c1-5-9-11-17-14(16-8-4,13-15-7-3)18-12-10-6-2/h3,5-13H2,1-2,4H3. The van der Waals surface area contributed by atoms with Gasteiger partial charge in [0.2, 0.25) is 0 Å². The van der Waals surface area contributed by atoms with Crippen LogP contribution >= 0.6 is 0 Å². The summed E-state index contributed by atoms with van der Waals surface area (Å²) in [5.74, 6) is -1.06. The van der Waals surface area contributed by atoms with Crippen LogP contribution in [0, 0.1) is 6.92 Å². The molecule has 0 saturated heterocycles. The SMILES string of the molecule is [CH2]COCC(OCC)(OCCCC)OCCCC. The summed E-state index contributed by atoms with van der Waals surface area (Å²) in [6, 6.07) is 0. The fourth-order valence-electron chi connectivity index (χ4n) is 1.41. The molecule has 0 aromatic rings. The third-order valence-corrected chi connectivity index (χ3v) is 2.43. The lowest BCUT2D eigenvalue weighted by atomic mass is 10.3. The van der Waals surface area contributed by atoms with E-state index in [0.717, 1.165) is 25.7 Å². The van der Waals surface area contributed by atoms with E-state index < -0.39 is 5.97 Å². The Morgan fingerprint density at radius 2 is 1.44 bits per heavy atom. The van der Waals surface area contributed by atoms with Gasteiger partial charge in [-0.15, -0.1) is 0 Å². The summed E-state index contributed by atoms with van der Waals surface area (Å²) in [5.41, 5.74) is 0. The highest BCUT2D eigenvalue weighted by atomic mass is 16.9. The molecule has 0 atom stereocenters. The van der Waals surface area contributed by atoms with E-state index in [9.17, 15) is 0 Å². The third-order valence-electron chi connectivity index (χ3n) is 2.43. The molecule has 0 aliphatic carbocycles. The monoisotopic (exact) mass is 261 g/mol. The molecule has 0 N–H and O–H groups in total. The Labute approximate surface area is 112 Å². The number of unbranched alkanes of at least 4 members (excludes halogenated alkanes) is 2. The first-order valence-corrected chi connectivity index (χ1v) is 7.03. The smallest absolute Gasteiger partial charge is 0.307 e. The normalized spacial score (nSPS) is 12.0. The van der Waals surface area contributed by atoms with Gasteiger partial charge in [0, 0.05) is 13.2 Å². The minimum atomic E-state index is -1.06. The van der Waals surface area contributed by atoms with E-state index in [1.165, 1.54) is 0 Å². The van der Waals surface area contributed by atoms with Gasteiger partial charge in [0.1, 0.15) is 6.61 Å². The lowest BCUT2D eigenvalue weighted by molar-refractivity contribution is -0.393. The van der Waals surface area contributed by atoms with Crippen molar-refractivity contribution < 1.29 is 18.9 Å². The molecular formula is C14H29O4. The van der Waals surface area contributed by atoms with Crippen LogP contribution in [-0.2, 0) is 18.9 Å². The van der Waals surface area contributed by atoms with Gasteiger partial charge in [-0.3, -0.25) is 0 Å². The fourth-order valence-corrected chi connectivity index (χ4v) is 1.41. The summed E-state index contributed by atoms with van der Waals surface area (Å²) in [4.78, 5) is 0. The number of rotatable bonds is 13. The zero-order chi connectivity index (χ0) is 13.7. The van der Waals surface area contributed by atoms with E-state index in [1.807, 2.05) is 6.92 Å². The molecule has 0 saturated carbocycles. The van der Waals surface area contributed by atoms with E-state index in [4.69, 9.17) is 18.9 Å². The molecule has 1 radical (unpaired) electrons. The van der Waals surface area contributed by atoms with E-state index >= 15 is 0 Å². The van der Waals surface area contributed by atoms with Crippen molar-refractivity contribution in [2.45, 2.75) is 52.4 Å². The maximum absolute atomic E-state index is 5.76. The van der Waals surface area contributed by atoms with Gasteiger partial charge >= 0.3 is 5.97 Å². The van der Waals surface area contributed by atoms with Crippen molar-refractivity contribution in [3.63, 3.8) is 0 Å². The molecule has 0 rings (SSSR count). The average molecular weight is 261 g/mol. The van der Waals surface area contributed by atoms with Crippen LogP contribution in [0.25, 0.3) is 0 Å². The van der Waals surface area contributed by atoms with Gasteiger partial charge in [-0.05, 0) is 26.7 Å². The predicted molar refractivity (Wildman–Crippen MR) is 72.3 cm³/mol. The van der Waals surface area contributed by atoms with Crippen LogP contribution in [0.3, 0.4) is 0 Å². The van der Waals surface area contributed by atoms with Gasteiger partial charge in [-0.2, -0.15) is 0 Å². The molecule has 0 aromatic carbocycles. The van der Waals surface area contributed by atoms with Crippen molar-refractivity contribution >= 4 is 0 Å². The molecule has 0 aliphatic heterocycles. The molecule has 109 valence electrons. The predicted octanol–water partition coefficient (Wildman–Crippen LogP) is 3.16. The van der Waals surface area contributed by atoms with Gasteiger partial charge in [0.25, 0.3) is 0 Å². The maximum atomic E-state index is 5.76. The Kier molecular flexibility index (Phi) is 11.8. The minimum absolute atomic E-state index is 0.262. The third kappa shape index (κ3) is 8.03. The molecule has 0 bridgehead atoms. The molecular weight excluding hydrogens is 232 g/mol. The lowest BCUT2D eigenvalue weighted by Crippen LogP contribution is -2.44. The van der Waals surface area contributed by atoms with Crippen LogP contribution in [0.4, 0.5) is 0 Å². The summed E-state index contributed by atoms with van der Waals surface area (Å²) < 4.78 is 22.5. The first-order valence-electron chi connectivity index (χ1n) is 7.03. The summed E-state index contributed by atoms with van der Waals surface area (Å²) in [5, 5.41) is 0. The Balaban J connectivity index is 4.34. The summed E-state index contributed by atoms with van der Waals surface area (Å²) in [7, 11) is 0. The van der Waals surface area contributed by atoms with E-state index in [2.05, 4.69) is 20.8 Å². The van der Waals surface area contributed by atoms with E-state index in [0.29, 0.717) is 26.4 Å². The van der Waals surface area contributed by atoms with Crippen molar-refractivity contribution in [2.75, 3.05) is 33.0 Å². The van der Waals surface area contributed by atoms with E-state index in [-0.39, 0.29) is 6.61 Å². The molecule has 0 aromatic heterocycles. The highest BCUT2D eigenvalue weighted by molar-refractivity contribution is 4.58. The topological polar surface area (TPSA) is 36.9 Å². The molecule has 0 fully saturated rings. The molecule has 0 spiro atoms. The van der Waals surface area contributed by atoms with E-state index in [1.54, 1.807) is 0 Å². The summed E-state index contributed by atoms with van der Waals surface area (Å²) >= 11 is 0. The van der Waals surface area contributed by atoms with Crippen molar-refractivity contribution in [2.24, 2.45) is 0 Å². The van der Waals surface area contributed by atoms with Crippen molar-refractivity contribution in [1.82, 2.24) is 0 Å². The molecule has 0 unspecified atom stereocenters. The maximum Gasteiger partial charge on any atom is 0.307 e. The second-order valence-corrected chi connectivity index (χ2v) is 4.07. The number of hydrogen-bond donors (Lipinski definition) is 0. The minimum Gasteiger partial charge on any atom is -0.373 e. The Morgan fingerprint density at radius 1 is 0.889 bits per heavy atom. The fraction of sp³-hybridized carbons (Fsp3) is 0.929. The zero-order valence-corrected chi connectivity index (χ0v) is 12.2.